The van der Waals surface area contributed by atoms with Crippen LogP contribution in [0, 0.1) is 18.3 Å². The fraction of sp³-hybridized carbons (Fsp3) is 0.235. The predicted octanol–water partition coefficient (Wildman–Crippen LogP) is 1.99. The van der Waals surface area contributed by atoms with Gasteiger partial charge in [0.15, 0.2) is 0 Å². The van der Waals surface area contributed by atoms with E-state index in [0.29, 0.717) is 6.54 Å². The van der Waals surface area contributed by atoms with Gasteiger partial charge in [-0.15, -0.1) is 0 Å². The van der Waals surface area contributed by atoms with E-state index in [0.717, 1.165) is 23.2 Å². The molecule has 0 saturated carbocycles. The van der Waals surface area contributed by atoms with Gasteiger partial charge in [-0.25, -0.2) is 0 Å². The van der Waals surface area contributed by atoms with Crippen molar-refractivity contribution in [3.8, 4) is 6.07 Å². The highest BCUT2D eigenvalue weighted by Crippen LogP contribution is 2.11. The molecule has 1 N–H and O–H groups in total. The van der Waals surface area contributed by atoms with Crippen molar-refractivity contribution >= 4 is 12.0 Å². The summed E-state index contributed by atoms with van der Waals surface area (Å²) in [4.78, 5) is 12.1. The maximum atomic E-state index is 12.1. The van der Waals surface area contributed by atoms with Gasteiger partial charge in [-0.1, -0.05) is 30.3 Å². The van der Waals surface area contributed by atoms with E-state index < -0.39 is 0 Å². The van der Waals surface area contributed by atoms with Crippen LogP contribution in [0.25, 0.3) is 6.08 Å². The smallest absolute Gasteiger partial charge is 0.261 e. The third-order valence-corrected chi connectivity index (χ3v) is 3.48. The third-order valence-electron chi connectivity index (χ3n) is 3.48. The van der Waals surface area contributed by atoms with Crippen molar-refractivity contribution in [2.75, 3.05) is 6.54 Å². The summed E-state index contributed by atoms with van der Waals surface area (Å²) in [6.45, 7) is 2.38. The fourth-order valence-electron chi connectivity index (χ4n) is 2.02. The lowest BCUT2D eigenvalue weighted by molar-refractivity contribution is -0.117. The predicted molar refractivity (Wildman–Crippen MR) is 84.7 cm³/mol. The van der Waals surface area contributed by atoms with E-state index in [2.05, 4.69) is 10.4 Å². The van der Waals surface area contributed by atoms with Gasteiger partial charge in [0.1, 0.15) is 11.6 Å². The lowest BCUT2D eigenvalue weighted by atomic mass is 10.1. The number of aromatic nitrogens is 2. The van der Waals surface area contributed by atoms with Crippen LogP contribution in [0.3, 0.4) is 0 Å². The zero-order valence-corrected chi connectivity index (χ0v) is 12.7. The number of benzene rings is 1. The Kier molecular flexibility index (Phi) is 5.10. The zero-order chi connectivity index (χ0) is 15.9. The first-order chi connectivity index (χ1) is 10.6. The van der Waals surface area contributed by atoms with Gasteiger partial charge in [-0.2, -0.15) is 10.4 Å². The van der Waals surface area contributed by atoms with Crippen molar-refractivity contribution in [3.05, 3.63) is 58.9 Å². The standard InChI is InChI=1S/C17H18N4O/c1-13-16(12-20-21(13)2)10-15(11-18)17(22)19-9-8-14-6-4-3-5-7-14/h3-7,10,12H,8-9H2,1-2H3,(H,19,22)/b15-10+. The molecule has 0 spiro atoms. The highest BCUT2D eigenvalue weighted by molar-refractivity contribution is 6.01. The summed E-state index contributed by atoms with van der Waals surface area (Å²) < 4.78 is 1.70. The number of nitrogens with one attached hydrogen (secondary N) is 1. The summed E-state index contributed by atoms with van der Waals surface area (Å²) in [6, 6.07) is 11.8. The summed E-state index contributed by atoms with van der Waals surface area (Å²) in [6.07, 6.45) is 3.95. The average molecular weight is 294 g/mol. The van der Waals surface area contributed by atoms with Gasteiger partial charge in [0.25, 0.3) is 5.91 Å². The molecule has 0 radical (unpaired) electrons. The fourth-order valence-corrected chi connectivity index (χ4v) is 2.02. The summed E-state index contributed by atoms with van der Waals surface area (Å²) in [5.41, 5.74) is 2.92. The Morgan fingerprint density at radius 1 is 1.41 bits per heavy atom. The van der Waals surface area contributed by atoms with Crippen LogP contribution in [0.1, 0.15) is 16.8 Å². The first kappa shape index (κ1) is 15.5. The first-order valence-electron chi connectivity index (χ1n) is 7.04. The van der Waals surface area contributed by atoms with Crippen molar-refractivity contribution < 1.29 is 4.79 Å². The van der Waals surface area contributed by atoms with Gasteiger partial charge in [-0.3, -0.25) is 9.48 Å². The van der Waals surface area contributed by atoms with Gasteiger partial charge in [0, 0.05) is 24.8 Å². The molecule has 0 saturated heterocycles. The second-order valence-electron chi connectivity index (χ2n) is 4.97. The summed E-state index contributed by atoms with van der Waals surface area (Å²) in [7, 11) is 1.82. The van der Waals surface area contributed by atoms with Crippen molar-refractivity contribution in [3.63, 3.8) is 0 Å². The number of rotatable bonds is 5. The van der Waals surface area contributed by atoms with E-state index in [4.69, 9.17) is 5.26 Å². The van der Waals surface area contributed by atoms with E-state index in [1.54, 1.807) is 17.0 Å². The Morgan fingerprint density at radius 3 is 2.73 bits per heavy atom. The normalized spacial score (nSPS) is 11.0. The average Bonchev–Trinajstić information content (AvgIpc) is 2.85. The van der Waals surface area contributed by atoms with E-state index in [9.17, 15) is 4.79 Å². The molecule has 0 bridgehead atoms. The summed E-state index contributed by atoms with van der Waals surface area (Å²) >= 11 is 0. The van der Waals surface area contributed by atoms with Gasteiger partial charge in [0.2, 0.25) is 0 Å². The van der Waals surface area contributed by atoms with Crippen LogP contribution < -0.4 is 5.32 Å². The zero-order valence-electron chi connectivity index (χ0n) is 12.7. The third kappa shape index (κ3) is 3.83. The van der Waals surface area contributed by atoms with E-state index in [-0.39, 0.29) is 11.5 Å². The molecule has 22 heavy (non-hydrogen) atoms. The first-order valence-corrected chi connectivity index (χ1v) is 7.04. The number of amides is 1. The van der Waals surface area contributed by atoms with Gasteiger partial charge in [0.05, 0.1) is 6.20 Å². The Hall–Kier alpha value is -2.87. The number of carbonyl (C=O) groups is 1. The number of aryl methyl sites for hydroxylation is 1. The molecule has 1 amide bonds. The maximum absolute atomic E-state index is 12.1. The number of hydrogen-bond acceptors (Lipinski definition) is 3. The number of nitrogens with zero attached hydrogens (tertiary/aromatic N) is 3. The van der Waals surface area contributed by atoms with Gasteiger partial charge < -0.3 is 5.32 Å². The van der Waals surface area contributed by atoms with Crippen LogP contribution in [0.2, 0.25) is 0 Å². The van der Waals surface area contributed by atoms with E-state index >= 15 is 0 Å². The molecule has 2 rings (SSSR count). The largest absolute Gasteiger partial charge is 0.351 e. The minimum Gasteiger partial charge on any atom is -0.351 e. The van der Waals surface area contributed by atoms with Gasteiger partial charge >= 0.3 is 0 Å². The molecule has 1 aromatic carbocycles. The maximum Gasteiger partial charge on any atom is 0.261 e. The van der Waals surface area contributed by atoms with E-state index in [1.165, 1.54) is 0 Å². The number of hydrogen-bond donors (Lipinski definition) is 1. The Bertz CT molecular complexity index is 723. The monoisotopic (exact) mass is 294 g/mol. The summed E-state index contributed by atoms with van der Waals surface area (Å²) in [5, 5.41) is 16.0. The molecule has 1 heterocycles. The van der Waals surface area contributed by atoms with Crippen LogP contribution in [0.15, 0.2) is 42.1 Å². The lowest BCUT2D eigenvalue weighted by Crippen LogP contribution is -2.26. The quantitative estimate of drug-likeness (QED) is 0.677. The second kappa shape index (κ2) is 7.23. The Morgan fingerprint density at radius 2 is 2.14 bits per heavy atom. The molecule has 2 aromatic rings. The van der Waals surface area contributed by atoms with Crippen molar-refractivity contribution in [1.82, 2.24) is 15.1 Å². The number of carbonyl (C=O) groups excluding carboxylic acids is 1. The molecule has 0 aliphatic heterocycles. The molecular weight excluding hydrogens is 276 g/mol. The molecule has 0 aliphatic carbocycles. The minimum atomic E-state index is -0.360. The Balaban J connectivity index is 1.98. The SMILES string of the molecule is Cc1c(/C=C(\C#N)C(=O)NCCc2ccccc2)cnn1C. The Labute approximate surface area is 129 Å². The van der Waals surface area contributed by atoms with Gasteiger partial charge in [-0.05, 0) is 25.0 Å². The lowest BCUT2D eigenvalue weighted by Gasteiger charge is -2.04. The molecule has 112 valence electrons. The van der Waals surface area contributed by atoms with Crippen LogP contribution in [-0.2, 0) is 18.3 Å². The highest BCUT2D eigenvalue weighted by Gasteiger charge is 2.10. The number of nitriles is 1. The van der Waals surface area contributed by atoms with Crippen LogP contribution in [-0.4, -0.2) is 22.2 Å². The molecule has 1 aromatic heterocycles. The second-order valence-corrected chi connectivity index (χ2v) is 4.97. The van der Waals surface area contributed by atoms with Crippen molar-refractivity contribution in [2.45, 2.75) is 13.3 Å². The highest BCUT2D eigenvalue weighted by atomic mass is 16.1. The van der Waals surface area contributed by atoms with Crippen LogP contribution in [0.5, 0.6) is 0 Å². The molecule has 0 atom stereocenters. The molecule has 5 nitrogen and oxygen atoms in total. The van der Waals surface area contributed by atoms with Crippen LogP contribution >= 0.6 is 0 Å². The topological polar surface area (TPSA) is 70.7 Å². The van der Waals surface area contributed by atoms with E-state index in [1.807, 2.05) is 50.4 Å². The van der Waals surface area contributed by atoms with Crippen molar-refractivity contribution in [2.24, 2.45) is 7.05 Å². The molecule has 0 aliphatic rings. The van der Waals surface area contributed by atoms with Crippen molar-refractivity contribution in [1.29, 1.82) is 5.26 Å². The molecule has 0 unspecified atom stereocenters. The molecule has 5 heteroatoms. The van der Waals surface area contributed by atoms with Crippen LogP contribution in [0.4, 0.5) is 0 Å². The minimum absolute atomic E-state index is 0.0872. The summed E-state index contributed by atoms with van der Waals surface area (Å²) in [5.74, 6) is -0.360. The molecular formula is C17H18N4O. The molecule has 0 fully saturated rings.